The first-order chi connectivity index (χ1) is 22.1. The molecule has 3 rings (SSSR count). The zero-order valence-electron chi connectivity index (χ0n) is 25.2. The van der Waals surface area contributed by atoms with E-state index >= 15 is 0 Å². The highest BCUT2D eigenvalue weighted by molar-refractivity contribution is 7.57. The number of benzene rings is 3. The largest absolute Gasteiger partial charge is 0.494 e. The van der Waals surface area contributed by atoms with E-state index in [0.29, 0.717) is 0 Å². The summed E-state index contributed by atoms with van der Waals surface area (Å²) in [5.74, 6) is -2.10. The molecule has 0 saturated carbocycles. The van der Waals surface area contributed by atoms with Crippen LogP contribution in [0.2, 0.25) is 15.1 Å². The van der Waals surface area contributed by atoms with Crippen molar-refractivity contribution in [1.82, 2.24) is 0 Å². The van der Waals surface area contributed by atoms with Crippen molar-refractivity contribution in [3.63, 3.8) is 0 Å². The smallest absolute Gasteiger partial charge is 0.416 e. The van der Waals surface area contributed by atoms with Crippen LogP contribution in [0.5, 0.6) is 23.0 Å². The quantitative estimate of drug-likeness (QED) is 0.0836. The number of halogens is 6. The van der Waals surface area contributed by atoms with Crippen LogP contribution < -0.4 is 19.9 Å². The zero-order valence-corrected chi connectivity index (χ0v) is 28.3. The molecule has 0 spiro atoms. The van der Waals surface area contributed by atoms with Crippen molar-refractivity contribution in [2.75, 3.05) is 26.5 Å². The normalized spacial score (nSPS) is 12.6. The lowest BCUT2D eigenvalue weighted by Gasteiger charge is -2.12. The molecule has 5 N–H and O–H groups in total. The number of hydrogen-bond acceptors (Lipinski definition) is 9. The molecule has 3 aromatic carbocycles. The number of methoxy groups -OCH3 is 1. The van der Waals surface area contributed by atoms with Gasteiger partial charge >= 0.3 is 23.8 Å². The van der Waals surface area contributed by atoms with Gasteiger partial charge in [0, 0.05) is 25.0 Å². The van der Waals surface area contributed by atoms with Crippen molar-refractivity contribution < 1.29 is 61.6 Å². The van der Waals surface area contributed by atoms with Crippen LogP contribution in [0.4, 0.5) is 18.9 Å². The number of carboxylic acid groups (broad SMARTS) is 2. The van der Waals surface area contributed by atoms with Crippen molar-refractivity contribution in [2.24, 2.45) is 5.73 Å². The fourth-order valence-corrected chi connectivity index (χ4v) is 4.74. The lowest BCUT2D eigenvalue weighted by Crippen LogP contribution is -2.30. The Balaban J connectivity index is 0.000000404. The second-order valence-corrected chi connectivity index (χ2v) is 13.1. The molecule has 0 heterocycles. The standard InChI is InChI=1S/C15H11ClF3NO4.C8H6Cl2O3.C5H12NO4P/c1-2-23-14-8-10(4-5-12(14)20(21)22)24-13-6-3-9(7-11(13)16)15(17,18)19;1-13-7-5(10)3-2-4(9)6(7)8(11)12;1-11(9,10)3-2-4(6)5(7)8/h3-8H,2H2,1H3;2-3H,1H3,(H,11,12);4H,2-3,6H2,1H3,(H,7,8)(H,9,10). The van der Waals surface area contributed by atoms with Gasteiger partial charge in [-0.25, -0.2) is 4.79 Å². The van der Waals surface area contributed by atoms with Crippen LogP contribution in [0.3, 0.4) is 0 Å². The minimum absolute atomic E-state index is 0.0111. The highest BCUT2D eigenvalue weighted by atomic mass is 35.5. The van der Waals surface area contributed by atoms with Gasteiger partial charge in [-0.15, -0.1) is 0 Å². The van der Waals surface area contributed by atoms with E-state index in [1.165, 1.54) is 44.1 Å². The topological polar surface area (TPSA) is 209 Å². The molecule has 20 heteroatoms. The Bertz CT molecular complexity index is 1660. The van der Waals surface area contributed by atoms with E-state index in [-0.39, 0.29) is 68.5 Å². The van der Waals surface area contributed by atoms with E-state index in [9.17, 15) is 37.4 Å². The Kier molecular flexibility index (Phi) is 16.4. The number of nitrogens with zero attached hydrogens (tertiary/aromatic N) is 1. The number of aromatic carboxylic acids is 1. The van der Waals surface area contributed by atoms with E-state index in [1.54, 1.807) is 6.92 Å². The minimum Gasteiger partial charge on any atom is -0.494 e. The summed E-state index contributed by atoms with van der Waals surface area (Å²) in [6.07, 6.45) is -4.52. The Morgan fingerprint density at radius 3 is 2.06 bits per heavy atom. The van der Waals surface area contributed by atoms with Crippen molar-refractivity contribution in [3.05, 3.63) is 84.8 Å². The van der Waals surface area contributed by atoms with E-state index in [0.717, 1.165) is 18.2 Å². The van der Waals surface area contributed by atoms with Gasteiger partial charge in [0.05, 0.1) is 39.3 Å². The fourth-order valence-electron chi connectivity index (χ4n) is 3.30. The Morgan fingerprint density at radius 1 is 1.02 bits per heavy atom. The van der Waals surface area contributed by atoms with Gasteiger partial charge in [0.15, 0.2) is 13.1 Å². The predicted octanol–water partition coefficient (Wildman–Crippen LogP) is 7.85. The number of aliphatic carboxylic acids is 1. The highest BCUT2D eigenvalue weighted by Crippen LogP contribution is 2.39. The van der Waals surface area contributed by atoms with Gasteiger partial charge in [-0.2, -0.15) is 13.2 Å². The van der Waals surface area contributed by atoms with E-state index in [1.807, 2.05) is 0 Å². The average molecular weight is 764 g/mol. The molecule has 264 valence electrons. The van der Waals surface area contributed by atoms with Crippen LogP contribution >= 0.6 is 42.2 Å². The van der Waals surface area contributed by atoms with Crippen molar-refractivity contribution in [1.29, 1.82) is 0 Å². The van der Waals surface area contributed by atoms with Crippen molar-refractivity contribution in [2.45, 2.75) is 25.6 Å². The molecule has 13 nitrogen and oxygen atoms in total. The number of rotatable bonds is 11. The van der Waals surface area contributed by atoms with Crippen LogP contribution in [0.15, 0.2) is 48.5 Å². The summed E-state index contributed by atoms with van der Waals surface area (Å²) in [7, 11) is -1.77. The van der Waals surface area contributed by atoms with E-state index in [4.69, 9.17) is 69.9 Å². The van der Waals surface area contributed by atoms with Crippen molar-refractivity contribution >= 4 is 59.8 Å². The molecule has 0 aliphatic rings. The maximum absolute atomic E-state index is 12.6. The van der Waals surface area contributed by atoms with Gasteiger partial charge in [-0.05, 0) is 49.7 Å². The monoisotopic (exact) mass is 762 g/mol. The Hall–Kier alpha value is -3.79. The van der Waals surface area contributed by atoms with Gasteiger partial charge in [0.1, 0.15) is 23.1 Å². The van der Waals surface area contributed by atoms with Crippen molar-refractivity contribution in [3.8, 4) is 23.0 Å². The van der Waals surface area contributed by atoms with Gasteiger partial charge in [0.2, 0.25) is 5.75 Å². The Labute approximate surface area is 286 Å². The molecule has 3 aromatic rings. The van der Waals surface area contributed by atoms with Crippen LogP contribution in [0.25, 0.3) is 0 Å². The number of nitro benzene ring substituents is 1. The summed E-state index contributed by atoms with van der Waals surface area (Å²) < 4.78 is 63.8. The van der Waals surface area contributed by atoms with Gasteiger partial charge in [-0.3, -0.25) is 19.5 Å². The lowest BCUT2D eigenvalue weighted by molar-refractivity contribution is -0.385. The predicted molar refractivity (Wildman–Crippen MR) is 172 cm³/mol. The summed E-state index contributed by atoms with van der Waals surface area (Å²) >= 11 is 17.2. The van der Waals surface area contributed by atoms with Gasteiger partial charge in [-0.1, -0.05) is 34.8 Å². The zero-order chi connectivity index (χ0) is 37.0. The van der Waals surface area contributed by atoms with Crippen LogP contribution in [0, 0.1) is 10.1 Å². The summed E-state index contributed by atoms with van der Waals surface area (Å²) in [6.45, 7) is 3.04. The molecule has 0 saturated heterocycles. The third-order valence-corrected chi connectivity index (χ3v) is 7.56. The summed E-state index contributed by atoms with van der Waals surface area (Å²) in [4.78, 5) is 39.9. The van der Waals surface area contributed by atoms with Crippen LogP contribution in [-0.2, 0) is 15.5 Å². The van der Waals surface area contributed by atoms with Gasteiger partial charge < -0.3 is 35.1 Å². The SMILES string of the molecule is CCOc1cc(Oc2ccc(C(F)(F)F)cc2Cl)ccc1[N+](=O)[O-].COc1c(Cl)ccc(Cl)c1C(=O)O.CP(=O)(O)CCC(N)C(=O)O. The molecule has 0 aliphatic carbocycles. The average Bonchev–Trinajstić information content (AvgIpc) is 2.97. The molecule has 0 aromatic heterocycles. The maximum Gasteiger partial charge on any atom is 0.416 e. The highest BCUT2D eigenvalue weighted by Gasteiger charge is 2.31. The number of alkyl halides is 3. The molecule has 0 bridgehead atoms. The number of carboxylic acids is 2. The molecule has 0 fully saturated rings. The number of nitro groups is 1. The second-order valence-electron chi connectivity index (χ2n) is 9.32. The van der Waals surface area contributed by atoms with Gasteiger partial charge in [0.25, 0.3) is 0 Å². The molecule has 0 amide bonds. The molecule has 48 heavy (non-hydrogen) atoms. The third kappa shape index (κ3) is 13.7. The van der Waals surface area contributed by atoms with Crippen LogP contribution in [-0.4, -0.2) is 64.6 Å². The summed E-state index contributed by atoms with van der Waals surface area (Å²) in [5.41, 5.74) is 3.83. The first-order valence-electron chi connectivity index (χ1n) is 13.1. The molecule has 0 radical (unpaired) electrons. The number of ether oxygens (including phenoxy) is 3. The number of nitrogens with two attached hydrogens (primary N) is 1. The molecule has 2 unspecified atom stereocenters. The first-order valence-corrected chi connectivity index (χ1v) is 16.5. The molecular formula is C28H29Cl3F3N2O11P. The summed E-state index contributed by atoms with van der Waals surface area (Å²) in [5, 5.41) is 28.1. The number of hydrogen-bond donors (Lipinski definition) is 4. The fraction of sp³-hybridized carbons (Fsp3) is 0.286. The molecule has 2 atom stereocenters. The van der Waals surface area contributed by atoms with Crippen LogP contribution in [0.1, 0.15) is 29.3 Å². The minimum atomic E-state index is -4.52. The number of carbonyl (C=O) groups is 2. The maximum atomic E-state index is 12.6. The van der Waals surface area contributed by atoms with E-state index < -0.39 is 42.0 Å². The lowest BCUT2D eigenvalue weighted by atomic mass is 10.2. The Morgan fingerprint density at radius 2 is 1.62 bits per heavy atom. The molecule has 0 aliphatic heterocycles. The van der Waals surface area contributed by atoms with E-state index in [2.05, 4.69) is 0 Å². The third-order valence-electron chi connectivity index (χ3n) is 5.56. The molecular weight excluding hydrogens is 735 g/mol. The first kappa shape index (κ1) is 42.2. The summed E-state index contributed by atoms with van der Waals surface area (Å²) in [6, 6.07) is 8.26. The second kappa shape index (κ2) is 18.7.